The zero-order valence-corrected chi connectivity index (χ0v) is 15.6. The average molecular weight is 376 g/mol. The fourth-order valence-corrected chi connectivity index (χ4v) is 2.37. The Morgan fingerprint density at radius 1 is 1.15 bits per heavy atom. The monoisotopic (exact) mass is 375 g/mol. The molecule has 138 valence electrons. The zero-order valence-electron chi connectivity index (χ0n) is 14.8. The first-order chi connectivity index (χ1) is 12.5. The van der Waals surface area contributed by atoms with Gasteiger partial charge in [0.15, 0.2) is 12.7 Å². The number of nitrogens with one attached hydrogen (secondary N) is 1. The van der Waals surface area contributed by atoms with E-state index in [2.05, 4.69) is 5.32 Å². The Morgan fingerprint density at radius 2 is 1.88 bits per heavy atom. The molecule has 0 aliphatic carbocycles. The van der Waals surface area contributed by atoms with Crippen molar-refractivity contribution in [3.8, 4) is 5.75 Å². The van der Waals surface area contributed by atoms with Crippen LogP contribution >= 0.6 is 11.6 Å². The molecule has 2 aromatic rings. The van der Waals surface area contributed by atoms with E-state index in [-0.39, 0.29) is 12.5 Å². The molecule has 26 heavy (non-hydrogen) atoms. The number of rotatable bonds is 8. The maximum atomic E-state index is 12.0. The minimum absolute atomic E-state index is 0.275. The standard InChI is InChI=1S/C20H22ClNO4/c1-14-12-17(8-9-18(14)21)25-13-19(23)26-15(2)20(24)22-11-10-16-6-4-3-5-7-16/h3-9,12,15H,10-11,13H2,1-2H3,(H,22,24). The molecule has 6 heteroatoms. The van der Waals surface area contributed by atoms with E-state index in [9.17, 15) is 9.59 Å². The van der Waals surface area contributed by atoms with E-state index < -0.39 is 12.1 Å². The number of carbonyl (C=O) groups is 2. The third-order valence-electron chi connectivity index (χ3n) is 3.72. The topological polar surface area (TPSA) is 64.6 Å². The Balaban J connectivity index is 1.70. The maximum absolute atomic E-state index is 12.0. The van der Waals surface area contributed by atoms with Crippen LogP contribution in [0, 0.1) is 6.92 Å². The lowest BCUT2D eigenvalue weighted by Gasteiger charge is -2.14. The highest BCUT2D eigenvalue weighted by Gasteiger charge is 2.17. The lowest BCUT2D eigenvalue weighted by molar-refractivity contribution is -0.156. The molecule has 0 aliphatic rings. The molecule has 0 saturated carbocycles. The first-order valence-electron chi connectivity index (χ1n) is 8.36. The average Bonchev–Trinajstić information content (AvgIpc) is 2.63. The summed E-state index contributed by atoms with van der Waals surface area (Å²) in [5.41, 5.74) is 1.98. The second-order valence-corrected chi connectivity index (χ2v) is 6.27. The molecule has 2 aromatic carbocycles. The van der Waals surface area contributed by atoms with Crippen molar-refractivity contribution in [3.63, 3.8) is 0 Å². The molecule has 0 aromatic heterocycles. The van der Waals surface area contributed by atoms with Crippen LogP contribution in [0.1, 0.15) is 18.1 Å². The molecule has 5 nitrogen and oxygen atoms in total. The van der Waals surface area contributed by atoms with Crippen LogP contribution in [0.25, 0.3) is 0 Å². The number of esters is 1. The van der Waals surface area contributed by atoms with Gasteiger partial charge in [-0.1, -0.05) is 41.9 Å². The van der Waals surface area contributed by atoms with Crippen molar-refractivity contribution in [2.45, 2.75) is 26.4 Å². The van der Waals surface area contributed by atoms with E-state index in [1.54, 1.807) is 18.2 Å². The minimum atomic E-state index is -0.881. The largest absolute Gasteiger partial charge is 0.482 e. The Labute approximate surface area is 158 Å². The molecular formula is C20H22ClNO4. The predicted octanol–water partition coefficient (Wildman–Crippen LogP) is 3.32. The van der Waals surface area contributed by atoms with Crippen LogP contribution in [0.2, 0.25) is 5.02 Å². The summed E-state index contributed by atoms with van der Waals surface area (Å²) in [7, 11) is 0. The van der Waals surface area contributed by atoms with Crippen LogP contribution < -0.4 is 10.1 Å². The van der Waals surface area contributed by atoms with E-state index in [0.717, 1.165) is 11.1 Å². The predicted molar refractivity (Wildman–Crippen MR) is 100 cm³/mol. The van der Waals surface area contributed by atoms with Gasteiger partial charge in [-0.3, -0.25) is 4.79 Å². The van der Waals surface area contributed by atoms with Gasteiger partial charge < -0.3 is 14.8 Å². The van der Waals surface area contributed by atoms with Gasteiger partial charge in [0.1, 0.15) is 5.75 Å². The Hall–Kier alpha value is -2.53. The van der Waals surface area contributed by atoms with Crippen LogP contribution in [-0.4, -0.2) is 31.1 Å². The summed E-state index contributed by atoms with van der Waals surface area (Å²) in [6.45, 7) is 3.57. The summed E-state index contributed by atoms with van der Waals surface area (Å²) in [4.78, 5) is 23.8. The van der Waals surface area contributed by atoms with Gasteiger partial charge in [0, 0.05) is 11.6 Å². The molecule has 0 fully saturated rings. The minimum Gasteiger partial charge on any atom is -0.482 e. The zero-order chi connectivity index (χ0) is 18.9. The van der Waals surface area contributed by atoms with E-state index in [1.807, 2.05) is 37.3 Å². The smallest absolute Gasteiger partial charge is 0.344 e. The molecule has 1 atom stereocenters. The number of carbonyl (C=O) groups excluding carboxylic acids is 2. The van der Waals surface area contributed by atoms with Gasteiger partial charge in [0.25, 0.3) is 5.91 Å². The summed E-state index contributed by atoms with van der Waals surface area (Å²) in [5, 5.41) is 3.38. The Kier molecular flexibility index (Phi) is 7.48. The van der Waals surface area contributed by atoms with Gasteiger partial charge in [0.2, 0.25) is 0 Å². The van der Waals surface area contributed by atoms with Gasteiger partial charge in [-0.05, 0) is 49.6 Å². The molecule has 2 rings (SSSR count). The number of ether oxygens (including phenoxy) is 2. The van der Waals surface area contributed by atoms with Crippen LogP contribution in [0.3, 0.4) is 0 Å². The summed E-state index contributed by atoms with van der Waals surface area (Å²) < 4.78 is 10.4. The molecule has 1 amide bonds. The van der Waals surface area contributed by atoms with Crippen molar-refractivity contribution in [1.29, 1.82) is 0 Å². The van der Waals surface area contributed by atoms with Gasteiger partial charge in [-0.2, -0.15) is 0 Å². The summed E-state index contributed by atoms with van der Waals surface area (Å²) in [6, 6.07) is 14.9. The van der Waals surface area contributed by atoms with Crippen molar-refractivity contribution in [2.75, 3.05) is 13.2 Å². The number of benzene rings is 2. The number of halogens is 1. The third kappa shape index (κ3) is 6.41. The maximum Gasteiger partial charge on any atom is 0.344 e. The van der Waals surface area contributed by atoms with Crippen molar-refractivity contribution in [1.82, 2.24) is 5.32 Å². The Bertz CT molecular complexity index is 749. The molecule has 1 N–H and O–H groups in total. The number of aryl methyl sites for hydroxylation is 1. The van der Waals surface area contributed by atoms with Crippen molar-refractivity contribution in [2.24, 2.45) is 0 Å². The molecule has 0 radical (unpaired) electrons. The number of hydrogen-bond donors (Lipinski definition) is 1. The highest BCUT2D eigenvalue weighted by molar-refractivity contribution is 6.31. The van der Waals surface area contributed by atoms with E-state index in [4.69, 9.17) is 21.1 Å². The van der Waals surface area contributed by atoms with E-state index in [1.165, 1.54) is 6.92 Å². The van der Waals surface area contributed by atoms with E-state index in [0.29, 0.717) is 23.7 Å². The number of amides is 1. The quantitative estimate of drug-likeness (QED) is 0.719. The molecule has 0 saturated heterocycles. The van der Waals surface area contributed by atoms with Gasteiger partial charge >= 0.3 is 5.97 Å². The fraction of sp³-hybridized carbons (Fsp3) is 0.300. The Morgan fingerprint density at radius 3 is 2.58 bits per heavy atom. The second kappa shape index (κ2) is 9.82. The summed E-state index contributed by atoms with van der Waals surface area (Å²) >= 11 is 5.94. The van der Waals surface area contributed by atoms with Crippen molar-refractivity contribution < 1.29 is 19.1 Å². The van der Waals surface area contributed by atoms with Crippen LogP contribution in [0.4, 0.5) is 0 Å². The summed E-state index contributed by atoms with van der Waals surface area (Å²) in [6.07, 6.45) is -0.166. The number of hydrogen-bond acceptors (Lipinski definition) is 4. The highest BCUT2D eigenvalue weighted by Crippen LogP contribution is 2.20. The molecule has 0 heterocycles. The molecule has 1 unspecified atom stereocenters. The normalized spacial score (nSPS) is 11.5. The van der Waals surface area contributed by atoms with Crippen LogP contribution in [0.5, 0.6) is 5.75 Å². The van der Waals surface area contributed by atoms with Crippen LogP contribution in [0.15, 0.2) is 48.5 Å². The lowest BCUT2D eigenvalue weighted by Crippen LogP contribution is -2.37. The lowest BCUT2D eigenvalue weighted by atomic mass is 10.1. The summed E-state index contributed by atoms with van der Waals surface area (Å²) in [5.74, 6) is -0.427. The molecular weight excluding hydrogens is 354 g/mol. The molecule has 0 spiro atoms. The fourth-order valence-electron chi connectivity index (χ4n) is 2.25. The SMILES string of the molecule is Cc1cc(OCC(=O)OC(C)C(=O)NCCc2ccccc2)ccc1Cl. The molecule has 0 aliphatic heterocycles. The highest BCUT2D eigenvalue weighted by atomic mass is 35.5. The van der Waals surface area contributed by atoms with Gasteiger partial charge in [-0.15, -0.1) is 0 Å². The second-order valence-electron chi connectivity index (χ2n) is 5.86. The first kappa shape index (κ1) is 19.8. The third-order valence-corrected chi connectivity index (χ3v) is 4.14. The van der Waals surface area contributed by atoms with Crippen molar-refractivity contribution >= 4 is 23.5 Å². The van der Waals surface area contributed by atoms with E-state index >= 15 is 0 Å². The first-order valence-corrected chi connectivity index (χ1v) is 8.73. The van der Waals surface area contributed by atoms with Gasteiger partial charge in [0.05, 0.1) is 0 Å². The van der Waals surface area contributed by atoms with Crippen molar-refractivity contribution in [3.05, 3.63) is 64.7 Å². The van der Waals surface area contributed by atoms with Gasteiger partial charge in [-0.25, -0.2) is 4.79 Å². The van der Waals surface area contributed by atoms with Crippen LogP contribution in [-0.2, 0) is 20.7 Å². The molecule has 0 bridgehead atoms.